The van der Waals surface area contributed by atoms with E-state index in [2.05, 4.69) is 78.0 Å². The first-order chi connectivity index (χ1) is 10.9. The predicted octanol–water partition coefficient (Wildman–Crippen LogP) is 4.05. The molecule has 0 atom stereocenters. The van der Waals surface area contributed by atoms with Crippen LogP contribution in [0.3, 0.4) is 0 Å². The van der Waals surface area contributed by atoms with Crippen molar-refractivity contribution < 1.29 is 0 Å². The van der Waals surface area contributed by atoms with E-state index in [-0.39, 0.29) is 0 Å². The highest BCUT2D eigenvalue weighted by atomic mass is 15.1. The number of allylic oxidation sites excluding steroid dienone is 2. The summed E-state index contributed by atoms with van der Waals surface area (Å²) in [7, 11) is 0. The van der Waals surface area contributed by atoms with Crippen LogP contribution in [0.25, 0.3) is 16.3 Å². The Labute approximate surface area is 133 Å². The van der Waals surface area contributed by atoms with E-state index in [1.54, 1.807) is 0 Å². The summed E-state index contributed by atoms with van der Waals surface area (Å²) in [5.74, 6) is 0. The molecule has 22 heavy (non-hydrogen) atoms. The van der Waals surface area contributed by atoms with Gasteiger partial charge in [-0.15, -0.1) is 0 Å². The van der Waals surface area contributed by atoms with Crippen molar-refractivity contribution in [1.82, 2.24) is 10.2 Å². The highest BCUT2D eigenvalue weighted by Crippen LogP contribution is 2.27. The van der Waals surface area contributed by atoms with Gasteiger partial charge in [0.15, 0.2) is 0 Å². The smallest absolute Gasteiger partial charge is 0.0363 e. The summed E-state index contributed by atoms with van der Waals surface area (Å²) in [5.41, 5.74) is 2.67. The number of benzene rings is 2. The molecule has 0 radical (unpaired) electrons. The Balaban J connectivity index is 1.69. The van der Waals surface area contributed by atoms with E-state index in [1.165, 1.54) is 28.3 Å². The van der Waals surface area contributed by atoms with Crippen molar-refractivity contribution in [2.45, 2.75) is 13.3 Å². The molecule has 0 bridgehead atoms. The molecule has 1 heterocycles. The van der Waals surface area contributed by atoms with Crippen LogP contribution in [-0.4, -0.2) is 31.1 Å². The van der Waals surface area contributed by atoms with Gasteiger partial charge in [0.05, 0.1) is 0 Å². The molecule has 0 unspecified atom stereocenters. The Hall–Kier alpha value is -2.06. The van der Waals surface area contributed by atoms with E-state index in [9.17, 15) is 0 Å². The van der Waals surface area contributed by atoms with Gasteiger partial charge >= 0.3 is 0 Å². The largest absolute Gasteiger partial charge is 0.374 e. The van der Waals surface area contributed by atoms with Crippen molar-refractivity contribution in [2.24, 2.45) is 0 Å². The molecule has 3 rings (SSSR count). The Kier molecular flexibility index (Phi) is 4.92. The molecule has 0 saturated carbocycles. The number of rotatable bonds is 6. The maximum Gasteiger partial charge on any atom is 0.0363 e. The molecule has 0 spiro atoms. The second-order valence-corrected chi connectivity index (χ2v) is 5.70. The third-order valence-electron chi connectivity index (χ3n) is 4.16. The predicted molar refractivity (Wildman–Crippen MR) is 95.8 cm³/mol. The van der Waals surface area contributed by atoms with Gasteiger partial charge in [0, 0.05) is 13.1 Å². The summed E-state index contributed by atoms with van der Waals surface area (Å²) in [6.45, 7) is 6.42. The lowest BCUT2D eigenvalue weighted by Gasteiger charge is -2.23. The molecular weight excluding hydrogens is 268 g/mol. The maximum absolute atomic E-state index is 3.38. The SMILES string of the molecule is CCNCCCN1C=CC(c2cccc3ccccc23)=CC1. The monoisotopic (exact) mass is 292 g/mol. The maximum atomic E-state index is 3.38. The third-order valence-corrected chi connectivity index (χ3v) is 4.16. The van der Waals surface area contributed by atoms with Gasteiger partial charge in [-0.3, -0.25) is 0 Å². The van der Waals surface area contributed by atoms with Gasteiger partial charge < -0.3 is 10.2 Å². The van der Waals surface area contributed by atoms with Gasteiger partial charge in [0.25, 0.3) is 0 Å². The zero-order valence-corrected chi connectivity index (χ0v) is 13.3. The lowest BCUT2D eigenvalue weighted by atomic mass is 9.97. The Morgan fingerprint density at radius 3 is 2.77 bits per heavy atom. The van der Waals surface area contributed by atoms with E-state index in [1.807, 2.05) is 0 Å². The van der Waals surface area contributed by atoms with E-state index >= 15 is 0 Å². The minimum absolute atomic E-state index is 1.00. The van der Waals surface area contributed by atoms with Crippen LogP contribution >= 0.6 is 0 Å². The molecule has 0 aromatic heterocycles. The molecule has 2 aromatic rings. The summed E-state index contributed by atoms with van der Waals surface area (Å²) in [5, 5.41) is 6.02. The summed E-state index contributed by atoms with van der Waals surface area (Å²) >= 11 is 0. The van der Waals surface area contributed by atoms with Gasteiger partial charge in [-0.25, -0.2) is 0 Å². The Morgan fingerprint density at radius 1 is 1.09 bits per heavy atom. The molecule has 114 valence electrons. The fraction of sp³-hybridized carbons (Fsp3) is 0.300. The van der Waals surface area contributed by atoms with Crippen LogP contribution < -0.4 is 5.32 Å². The Morgan fingerprint density at radius 2 is 1.95 bits per heavy atom. The second-order valence-electron chi connectivity index (χ2n) is 5.70. The summed E-state index contributed by atoms with van der Waals surface area (Å²) in [6.07, 6.45) is 8.02. The molecular formula is C20H24N2. The highest BCUT2D eigenvalue weighted by Gasteiger charge is 2.08. The normalized spacial score (nSPS) is 14.4. The van der Waals surface area contributed by atoms with Gasteiger partial charge in [0.2, 0.25) is 0 Å². The first-order valence-electron chi connectivity index (χ1n) is 8.20. The molecule has 2 heteroatoms. The average molecular weight is 292 g/mol. The van der Waals surface area contributed by atoms with Crippen LogP contribution in [0.5, 0.6) is 0 Å². The molecule has 0 amide bonds. The summed E-state index contributed by atoms with van der Waals surface area (Å²) < 4.78 is 0. The van der Waals surface area contributed by atoms with Gasteiger partial charge in [0.1, 0.15) is 0 Å². The van der Waals surface area contributed by atoms with Crippen LogP contribution in [0, 0.1) is 0 Å². The fourth-order valence-electron chi connectivity index (χ4n) is 2.96. The number of hydrogen-bond acceptors (Lipinski definition) is 2. The number of nitrogens with one attached hydrogen (secondary N) is 1. The number of nitrogens with zero attached hydrogens (tertiary/aromatic N) is 1. The van der Waals surface area contributed by atoms with Crippen molar-refractivity contribution in [3.05, 3.63) is 66.4 Å². The van der Waals surface area contributed by atoms with Crippen LogP contribution in [0.15, 0.2) is 60.8 Å². The second kappa shape index (κ2) is 7.28. The quantitative estimate of drug-likeness (QED) is 0.808. The molecule has 2 aromatic carbocycles. The lowest BCUT2D eigenvalue weighted by Crippen LogP contribution is -2.24. The van der Waals surface area contributed by atoms with Crippen LogP contribution in [-0.2, 0) is 0 Å². The van der Waals surface area contributed by atoms with Crippen molar-refractivity contribution in [2.75, 3.05) is 26.2 Å². The highest BCUT2D eigenvalue weighted by molar-refractivity contribution is 5.96. The van der Waals surface area contributed by atoms with Crippen molar-refractivity contribution in [1.29, 1.82) is 0 Å². The number of hydrogen-bond donors (Lipinski definition) is 1. The first-order valence-corrected chi connectivity index (χ1v) is 8.20. The molecule has 0 saturated heterocycles. The first kappa shape index (κ1) is 14.9. The Bertz CT molecular complexity index is 680. The van der Waals surface area contributed by atoms with E-state index in [0.29, 0.717) is 0 Å². The van der Waals surface area contributed by atoms with E-state index < -0.39 is 0 Å². The molecule has 0 fully saturated rings. The van der Waals surface area contributed by atoms with Crippen LogP contribution in [0.2, 0.25) is 0 Å². The standard InChI is InChI=1S/C20H24N2/c1-2-21-13-6-14-22-15-11-18(12-16-22)20-10-5-8-17-7-3-4-9-19(17)20/h3-5,7-12,15,21H,2,6,13-14,16H2,1H3. The average Bonchev–Trinajstić information content (AvgIpc) is 2.59. The molecule has 1 N–H and O–H groups in total. The molecule has 0 aliphatic carbocycles. The van der Waals surface area contributed by atoms with Crippen LogP contribution in [0.1, 0.15) is 18.9 Å². The summed E-state index contributed by atoms with van der Waals surface area (Å²) in [4.78, 5) is 2.38. The molecule has 1 aliphatic heterocycles. The van der Waals surface area contributed by atoms with Gasteiger partial charge in [-0.2, -0.15) is 0 Å². The van der Waals surface area contributed by atoms with Crippen molar-refractivity contribution >= 4 is 16.3 Å². The van der Waals surface area contributed by atoms with Crippen LogP contribution in [0.4, 0.5) is 0 Å². The van der Waals surface area contributed by atoms with Crippen molar-refractivity contribution in [3.8, 4) is 0 Å². The number of fused-ring (bicyclic) bond motifs is 1. The topological polar surface area (TPSA) is 15.3 Å². The zero-order chi connectivity index (χ0) is 15.2. The van der Waals surface area contributed by atoms with Crippen molar-refractivity contribution in [3.63, 3.8) is 0 Å². The fourth-order valence-corrected chi connectivity index (χ4v) is 2.96. The van der Waals surface area contributed by atoms with E-state index in [0.717, 1.165) is 26.2 Å². The lowest BCUT2D eigenvalue weighted by molar-refractivity contribution is 0.399. The zero-order valence-electron chi connectivity index (χ0n) is 13.3. The third kappa shape index (κ3) is 3.40. The molecule has 1 aliphatic rings. The van der Waals surface area contributed by atoms with Gasteiger partial charge in [-0.1, -0.05) is 55.5 Å². The minimum Gasteiger partial charge on any atom is -0.374 e. The summed E-state index contributed by atoms with van der Waals surface area (Å²) in [6, 6.07) is 15.2. The minimum atomic E-state index is 1.00. The van der Waals surface area contributed by atoms with E-state index in [4.69, 9.17) is 0 Å². The van der Waals surface area contributed by atoms with Gasteiger partial charge in [-0.05, 0) is 53.7 Å². The molecule has 2 nitrogen and oxygen atoms in total.